The summed E-state index contributed by atoms with van der Waals surface area (Å²) >= 11 is 1.59. The van der Waals surface area contributed by atoms with Crippen LogP contribution in [0.4, 0.5) is 0 Å². The lowest BCUT2D eigenvalue weighted by Crippen LogP contribution is -2.35. The lowest BCUT2D eigenvalue weighted by molar-refractivity contribution is 0.0341. The van der Waals surface area contributed by atoms with Gasteiger partial charge in [0.05, 0.1) is 39.1 Å². The minimum Gasteiger partial charge on any atom is -0.497 e. The van der Waals surface area contributed by atoms with E-state index in [1.807, 2.05) is 29.6 Å². The summed E-state index contributed by atoms with van der Waals surface area (Å²) in [5, 5.41) is 2.99. The standard InChI is InChI=1S/C23H27N5O4S/c1-27(13-17-15-33-22(24-17)14-28-7-9-32-10-8-28)23(30)19-12-21(29)26-20(25-19)11-16-3-5-18(31-2)6-4-16/h3-6,12,15H,7-11,13-14H2,1-2H3,(H,25,26,29). The molecule has 0 unspecified atom stereocenters. The van der Waals surface area contributed by atoms with Crippen molar-refractivity contribution in [1.82, 2.24) is 24.8 Å². The molecule has 3 aromatic rings. The molecule has 3 heterocycles. The lowest BCUT2D eigenvalue weighted by atomic mass is 10.1. The quantitative estimate of drug-likeness (QED) is 0.538. The van der Waals surface area contributed by atoms with Crippen LogP contribution in [0, 0.1) is 0 Å². The van der Waals surface area contributed by atoms with Gasteiger partial charge in [-0.3, -0.25) is 14.5 Å². The zero-order valence-electron chi connectivity index (χ0n) is 18.7. The van der Waals surface area contributed by atoms with Crippen molar-refractivity contribution in [2.24, 2.45) is 0 Å². The smallest absolute Gasteiger partial charge is 0.272 e. The summed E-state index contributed by atoms with van der Waals surface area (Å²) in [5.41, 5.74) is 1.54. The number of aromatic nitrogens is 3. The lowest BCUT2D eigenvalue weighted by Gasteiger charge is -2.25. The summed E-state index contributed by atoms with van der Waals surface area (Å²) in [6, 6.07) is 8.72. The summed E-state index contributed by atoms with van der Waals surface area (Å²) in [5.74, 6) is 0.867. The summed E-state index contributed by atoms with van der Waals surface area (Å²) < 4.78 is 10.6. The van der Waals surface area contributed by atoms with Crippen molar-refractivity contribution in [2.45, 2.75) is 19.5 Å². The maximum absolute atomic E-state index is 13.0. The van der Waals surface area contributed by atoms with Crippen LogP contribution in [-0.4, -0.2) is 71.1 Å². The first kappa shape index (κ1) is 23.1. The predicted octanol–water partition coefficient (Wildman–Crippen LogP) is 1.93. The molecule has 1 N–H and O–H groups in total. The highest BCUT2D eigenvalue weighted by molar-refractivity contribution is 7.09. The number of morpholine rings is 1. The number of nitrogens with one attached hydrogen (secondary N) is 1. The van der Waals surface area contributed by atoms with E-state index in [0.717, 1.165) is 54.9 Å². The molecule has 1 saturated heterocycles. The molecule has 10 heteroatoms. The number of benzene rings is 1. The van der Waals surface area contributed by atoms with Crippen LogP contribution in [0.15, 0.2) is 40.5 Å². The first-order valence-electron chi connectivity index (χ1n) is 10.7. The van der Waals surface area contributed by atoms with Crippen LogP contribution in [0.3, 0.4) is 0 Å². The van der Waals surface area contributed by atoms with Crippen LogP contribution in [0.5, 0.6) is 5.75 Å². The highest BCUT2D eigenvalue weighted by Crippen LogP contribution is 2.16. The first-order valence-corrected chi connectivity index (χ1v) is 11.6. The molecular weight excluding hydrogens is 442 g/mol. The largest absolute Gasteiger partial charge is 0.497 e. The third-order valence-electron chi connectivity index (χ3n) is 5.35. The third-order valence-corrected chi connectivity index (χ3v) is 6.23. The van der Waals surface area contributed by atoms with Gasteiger partial charge in [-0.2, -0.15) is 0 Å². The molecule has 4 rings (SSSR count). The van der Waals surface area contributed by atoms with Gasteiger partial charge in [-0.1, -0.05) is 12.1 Å². The van der Waals surface area contributed by atoms with Crippen molar-refractivity contribution in [3.05, 3.63) is 73.8 Å². The summed E-state index contributed by atoms with van der Waals surface area (Å²) in [4.78, 5) is 40.8. The van der Waals surface area contributed by atoms with Crippen molar-refractivity contribution in [2.75, 3.05) is 40.5 Å². The van der Waals surface area contributed by atoms with Gasteiger partial charge < -0.3 is 19.4 Å². The second-order valence-corrected chi connectivity index (χ2v) is 8.83. The van der Waals surface area contributed by atoms with E-state index in [1.165, 1.54) is 11.0 Å². The number of hydrogen-bond donors (Lipinski definition) is 1. The molecule has 174 valence electrons. The van der Waals surface area contributed by atoms with Crippen LogP contribution >= 0.6 is 11.3 Å². The fraction of sp³-hybridized carbons (Fsp3) is 0.391. The molecular formula is C23H27N5O4S. The molecule has 1 aliphatic heterocycles. The summed E-state index contributed by atoms with van der Waals surface area (Å²) in [6.45, 7) is 4.44. The van der Waals surface area contributed by atoms with Gasteiger partial charge in [-0.25, -0.2) is 9.97 Å². The Kier molecular flexibility index (Phi) is 7.48. The normalized spacial score (nSPS) is 14.2. The van der Waals surface area contributed by atoms with E-state index < -0.39 is 0 Å². The van der Waals surface area contributed by atoms with Gasteiger partial charge in [0.15, 0.2) is 0 Å². The number of ether oxygens (including phenoxy) is 2. The van der Waals surface area contributed by atoms with Gasteiger partial charge in [-0.05, 0) is 17.7 Å². The van der Waals surface area contributed by atoms with E-state index in [9.17, 15) is 9.59 Å². The topological polar surface area (TPSA) is 101 Å². The van der Waals surface area contributed by atoms with E-state index >= 15 is 0 Å². The number of rotatable bonds is 8. The molecule has 9 nitrogen and oxygen atoms in total. The molecule has 33 heavy (non-hydrogen) atoms. The Morgan fingerprint density at radius 1 is 1.24 bits per heavy atom. The number of aromatic amines is 1. The van der Waals surface area contributed by atoms with E-state index in [4.69, 9.17) is 9.47 Å². The molecule has 0 spiro atoms. The van der Waals surface area contributed by atoms with Crippen molar-refractivity contribution in [1.29, 1.82) is 0 Å². The van der Waals surface area contributed by atoms with Crippen LogP contribution in [-0.2, 0) is 24.2 Å². The molecule has 2 aromatic heterocycles. The molecule has 1 aliphatic rings. The summed E-state index contributed by atoms with van der Waals surface area (Å²) in [7, 11) is 3.30. The fourth-order valence-corrected chi connectivity index (χ4v) is 4.42. The second kappa shape index (κ2) is 10.7. The fourth-order valence-electron chi connectivity index (χ4n) is 3.59. The van der Waals surface area contributed by atoms with Crippen LogP contribution in [0.2, 0.25) is 0 Å². The van der Waals surface area contributed by atoms with Crippen LogP contribution < -0.4 is 10.3 Å². The average molecular weight is 470 g/mol. The zero-order valence-corrected chi connectivity index (χ0v) is 19.6. The number of amides is 1. The van der Waals surface area contributed by atoms with Crippen molar-refractivity contribution >= 4 is 17.2 Å². The van der Waals surface area contributed by atoms with E-state index in [0.29, 0.717) is 18.8 Å². The van der Waals surface area contributed by atoms with Gasteiger partial charge >= 0.3 is 0 Å². The predicted molar refractivity (Wildman–Crippen MR) is 125 cm³/mol. The number of thiazole rings is 1. The Balaban J connectivity index is 1.40. The van der Waals surface area contributed by atoms with E-state index in [2.05, 4.69) is 19.9 Å². The second-order valence-electron chi connectivity index (χ2n) is 7.88. The van der Waals surface area contributed by atoms with Gasteiger partial charge in [0.2, 0.25) is 0 Å². The van der Waals surface area contributed by atoms with Gasteiger partial charge in [-0.15, -0.1) is 11.3 Å². The van der Waals surface area contributed by atoms with E-state index in [-0.39, 0.29) is 17.2 Å². The Morgan fingerprint density at radius 3 is 2.73 bits per heavy atom. The molecule has 1 amide bonds. The Hall–Kier alpha value is -3.08. The minimum atomic E-state index is -0.355. The van der Waals surface area contributed by atoms with Crippen molar-refractivity contribution in [3.63, 3.8) is 0 Å². The molecule has 0 saturated carbocycles. The Morgan fingerprint density at radius 2 is 2.00 bits per heavy atom. The monoisotopic (exact) mass is 469 g/mol. The number of nitrogens with zero attached hydrogens (tertiary/aromatic N) is 4. The number of methoxy groups -OCH3 is 1. The van der Waals surface area contributed by atoms with Gasteiger partial charge in [0.25, 0.3) is 11.5 Å². The van der Waals surface area contributed by atoms with Crippen molar-refractivity contribution in [3.8, 4) is 5.75 Å². The van der Waals surface area contributed by atoms with Crippen LogP contribution in [0.25, 0.3) is 0 Å². The minimum absolute atomic E-state index is 0.119. The number of carbonyl (C=O) groups is 1. The summed E-state index contributed by atoms with van der Waals surface area (Å²) in [6.07, 6.45) is 0.404. The maximum Gasteiger partial charge on any atom is 0.272 e. The Labute approximate surface area is 196 Å². The molecule has 0 radical (unpaired) electrons. The highest BCUT2D eigenvalue weighted by Gasteiger charge is 2.18. The van der Waals surface area contributed by atoms with Crippen LogP contribution in [0.1, 0.15) is 32.6 Å². The zero-order chi connectivity index (χ0) is 23.2. The van der Waals surface area contributed by atoms with Crippen molar-refractivity contribution < 1.29 is 14.3 Å². The molecule has 0 bridgehead atoms. The number of carbonyl (C=O) groups excluding carboxylic acids is 1. The highest BCUT2D eigenvalue weighted by atomic mass is 32.1. The molecule has 1 aromatic carbocycles. The molecule has 0 atom stereocenters. The van der Waals surface area contributed by atoms with Gasteiger partial charge in [0, 0.05) is 38.0 Å². The number of H-pyrrole nitrogens is 1. The maximum atomic E-state index is 13.0. The Bertz CT molecular complexity index is 1140. The average Bonchev–Trinajstić information content (AvgIpc) is 3.25. The molecule has 1 fully saturated rings. The van der Waals surface area contributed by atoms with Gasteiger partial charge in [0.1, 0.15) is 22.3 Å². The molecule has 0 aliphatic carbocycles. The number of hydrogen-bond acceptors (Lipinski definition) is 8. The first-order chi connectivity index (χ1) is 16.0. The van der Waals surface area contributed by atoms with E-state index in [1.54, 1.807) is 25.5 Å². The SMILES string of the molecule is COc1ccc(Cc2nc(C(=O)N(C)Cc3csc(CN4CCOCC4)n3)cc(=O)[nH]2)cc1. The third kappa shape index (κ3) is 6.25.